The second kappa shape index (κ2) is 10.3. The van der Waals surface area contributed by atoms with E-state index in [1.165, 1.54) is 26.2 Å². The fraction of sp³-hybridized carbons (Fsp3) is 0.588. The van der Waals surface area contributed by atoms with Crippen LogP contribution in [0.1, 0.15) is 46.0 Å². The Morgan fingerprint density at radius 2 is 2.08 bits per heavy atom. The maximum absolute atomic E-state index is 10.9. The maximum Gasteiger partial charge on any atom is 0.249 e. The molecular weight excluding hydrogens is 332 g/mol. The van der Waals surface area contributed by atoms with Gasteiger partial charge in [-0.3, -0.25) is 4.79 Å². The molecule has 0 spiro atoms. The van der Waals surface area contributed by atoms with Crippen LogP contribution >= 0.6 is 0 Å². The van der Waals surface area contributed by atoms with E-state index >= 15 is 0 Å². The second-order valence-electron chi connectivity index (χ2n) is 6.16. The highest BCUT2D eigenvalue weighted by Gasteiger charge is 2.07. The molecule has 0 saturated carbocycles. The summed E-state index contributed by atoms with van der Waals surface area (Å²) in [6.07, 6.45) is 10.6. The number of unbranched alkanes of at least 4 members (excludes halogenated alkanes) is 3. The third-order valence-electron chi connectivity index (χ3n) is 3.97. The Morgan fingerprint density at radius 1 is 1.23 bits per heavy atom. The molecule has 0 bridgehead atoms. The molecule has 0 saturated heterocycles. The maximum atomic E-state index is 10.9. The first-order valence-corrected chi connectivity index (χ1v) is 9.10. The van der Waals surface area contributed by atoms with E-state index in [1.54, 1.807) is 17.1 Å². The number of rotatable bonds is 11. The summed E-state index contributed by atoms with van der Waals surface area (Å²) in [5.41, 5.74) is 6.65. The molecule has 3 N–H and O–H groups in total. The van der Waals surface area contributed by atoms with Crippen molar-refractivity contribution in [2.75, 3.05) is 12.3 Å². The van der Waals surface area contributed by atoms with Crippen LogP contribution < -0.4 is 11.1 Å². The molecule has 9 heteroatoms. The Hall–Kier alpha value is -2.71. The van der Waals surface area contributed by atoms with E-state index in [2.05, 4.69) is 32.6 Å². The van der Waals surface area contributed by atoms with Gasteiger partial charge < -0.3 is 15.6 Å². The smallest absolute Gasteiger partial charge is 0.249 e. The normalized spacial score (nSPS) is 11.3. The lowest BCUT2D eigenvalue weighted by molar-refractivity contribution is -0.118. The van der Waals surface area contributed by atoms with Gasteiger partial charge in [0, 0.05) is 39.0 Å². The van der Waals surface area contributed by atoms with Crippen molar-refractivity contribution >= 4 is 23.4 Å². The van der Waals surface area contributed by atoms with Crippen LogP contribution in [0.25, 0.3) is 0 Å². The monoisotopic (exact) mass is 360 g/mol. The van der Waals surface area contributed by atoms with Crippen molar-refractivity contribution in [3.05, 3.63) is 18.6 Å². The molecule has 0 aliphatic heterocycles. The van der Waals surface area contributed by atoms with Crippen LogP contribution in [0, 0.1) is 0 Å². The summed E-state index contributed by atoms with van der Waals surface area (Å²) in [6, 6.07) is 0. The standard InChI is InChI=1S/C17H28N8O/c1-3-4-5-6-11-25-16(18)15(13-21-25)22-23-17-20-9-12-24(17)10-7-8-19-14(2)26/h9,12-13H,3-8,10-11,18H2,1-2H3,(H,19,26). The lowest BCUT2D eigenvalue weighted by atomic mass is 10.2. The van der Waals surface area contributed by atoms with Crippen LogP contribution in [0.2, 0.25) is 0 Å². The molecule has 2 aromatic rings. The highest BCUT2D eigenvalue weighted by molar-refractivity contribution is 5.72. The number of imidazole rings is 1. The van der Waals surface area contributed by atoms with E-state index in [0.717, 1.165) is 19.4 Å². The number of aryl methyl sites for hydroxylation is 2. The Kier molecular flexibility index (Phi) is 7.78. The number of amides is 1. The largest absolute Gasteiger partial charge is 0.382 e. The number of carbonyl (C=O) groups is 1. The molecule has 26 heavy (non-hydrogen) atoms. The molecule has 0 atom stereocenters. The second-order valence-corrected chi connectivity index (χ2v) is 6.16. The third-order valence-corrected chi connectivity index (χ3v) is 3.97. The van der Waals surface area contributed by atoms with Gasteiger partial charge in [0.25, 0.3) is 0 Å². The molecule has 0 aliphatic rings. The number of nitrogens with two attached hydrogens (primary N) is 1. The Morgan fingerprint density at radius 3 is 2.85 bits per heavy atom. The molecule has 0 radical (unpaired) electrons. The zero-order valence-electron chi connectivity index (χ0n) is 15.6. The number of nitrogen functional groups attached to an aromatic ring is 1. The fourth-order valence-electron chi connectivity index (χ4n) is 2.52. The van der Waals surface area contributed by atoms with Crippen molar-refractivity contribution in [2.24, 2.45) is 10.2 Å². The molecule has 0 fully saturated rings. The average molecular weight is 360 g/mol. The van der Waals surface area contributed by atoms with E-state index in [0.29, 0.717) is 30.5 Å². The van der Waals surface area contributed by atoms with E-state index in [4.69, 9.17) is 5.73 Å². The first kappa shape index (κ1) is 19.6. The lowest BCUT2D eigenvalue weighted by Crippen LogP contribution is -2.21. The fourth-order valence-corrected chi connectivity index (χ4v) is 2.52. The van der Waals surface area contributed by atoms with Crippen LogP contribution in [0.5, 0.6) is 0 Å². The van der Waals surface area contributed by atoms with Crippen LogP contribution in [0.4, 0.5) is 17.5 Å². The molecule has 2 heterocycles. The Balaban J connectivity index is 1.90. The van der Waals surface area contributed by atoms with Gasteiger partial charge in [-0.15, -0.1) is 10.2 Å². The molecule has 1 amide bonds. The van der Waals surface area contributed by atoms with Crippen LogP contribution in [0.15, 0.2) is 28.8 Å². The summed E-state index contributed by atoms with van der Waals surface area (Å²) in [6.45, 7) is 5.79. The summed E-state index contributed by atoms with van der Waals surface area (Å²) in [4.78, 5) is 15.1. The SMILES string of the molecule is CCCCCCn1ncc(N=Nc2nccn2CCCNC(C)=O)c1N. The summed E-state index contributed by atoms with van der Waals surface area (Å²) in [5.74, 6) is 0.995. The third kappa shape index (κ3) is 5.98. The lowest BCUT2D eigenvalue weighted by Gasteiger charge is -2.05. The minimum absolute atomic E-state index is 0.0299. The zero-order chi connectivity index (χ0) is 18.8. The van der Waals surface area contributed by atoms with E-state index in [1.807, 2.05) is 10.8 Å². The molecule has 0 aliphatic carbocycles. The van der Waals surface area contributed by atoms with E-state index in [-0.39, 0.29) is 5.91 Å². The van der Waals surface area contributed by atoms with Crippen LogP contribution in [-0.2, 0) is 17.9 Å². The molecular formula is C17H28N8O. The van der Waals surface area contributed by atoms with E-state index in [9.17, 15) is 4.79 Å². The van der Waals surface area contributed by atoms with Gasteiger partial charge >= 0.3 is 0 Å². The highest BCUT2D eigenvalue weighted by Crippen LogP contribution is 2.24. The zero-order valence-corrected chi connectivity index (χ0v) is 15.6. The number of azo groups is 1. The topological polar surface area (TPSA) is 115 Å². The van der Waals surface area contributed by atoms with Crippen molar-refractivity contribution in [3.8, 4) is 0 Å². The molecule has 142 valence electrons. The van der Waals surface area contributed by atoms with Gasteiger partial charge in [0.15, 0.2) is 0 Å². The summed E-state index contributed by atoms with van der Waals surface area (Å²) >= 11 is 0. The Bertz CT molecular complexity index is 718. The van der Waals surface area contributed by atoms with Gasteiger partial charge in [-0.2, -0.15) is 5.10 Å². The number of hydrogen-bond donors (Lipinski definition) is 2. The number of anilines is 1. The highest BCUT2D eigenvalue weighted by atomic mass is 16.1. The predicted octanol–water partition coefficient (Wildman–Crippen LogP) is 3.18. The van der Waals surface area contributed by atoms with Crippen molar-refractivity contribution < 1.29 is 4.79 Å². The summed E-state index contributed by atoms with van der Waals surface area (Å²) < 4.78 is 3.65. The van der Waals surface area contributed by atoms with Crippen molar-refractivity contribution in [3.63, 3.8) is 0 Å². The quantitative estimate of drug-likeness (QED) is 0.473. The van der Waals surface area contributed by atoms with Gasteiger partial charge in [-0.1, -0.05) is 26.2 Å². The van der Waals surface area contributed by atoms with Crippen LogP contribution in [0.3, 0.4) is 0 Å². The summed E-state index contributed by atoms with van der Waals surface area (Å²) in [7, 11) is 0. The van der Waals surface area contributed by atoms with Gasteiger partial charge in [0.05, 0.1) is 6.20 Å². The number of aromatic nitrogens is 4. The minimum atomic E-state index is -0.0299. The van der Waals surface area contributed by atoms with Gasteiger partial charge in [-0.25, -0.2) is 9.67 Å². The van der Waals surface area contributed by atoms with Crippen molar-refractivity contribution in [1.82, 2.24) is 24.6 Å². The number of carbonyl (C=O) groups excluding carboxylic acids is 1. The molecule has 9 nitrogen and oxygen atoms in total. The van der Waals surface area contributed by atoms with Crippen molar-refractivity contribution in [1.29, 1.82) is 0 Å². The van der Waals surface area contributed by atoms with Gasteiger partial charge in [0.1, 0.15) is 11.5 Å². The molecule has 0 aromatic carbocycles. The van der Waals surface area contributed by atoms with E-state index < -0.39 is 0 Å². The number of hydrogen-bond acceptors (Lipinski definition) is 6. The van der Waals surface area contributed by atoms with Gasteiger partial charge in [-0.05, 0) is 12.8 Å². The molecule has 2 aromatic heterocycles. The predicted molar refractivity (Wildman–Crippen MR) is 100 cm³/mol. The Labute approximate surface area is 153 Å². The van der Waals surface area contributed by atoms with Crippen LogP contribution in [-0.4, -0.2) is 31.8 Å². The van der Waals surface area contributed by atoms with Gasteiger partial charge in [0.2, 0.25) is 11.9 Å². The minimum Gasteiger partial charge on any atom is -0.382 e. The first-order chi connectivity index (χ1) is 12.6. The molecule has 2 rings (SSSR count). The average Bonchev–Trinajstić information content (AvgIpc) is 3.20. The number of nitrogens with zero attached hydrogens (tertiary/aromatic N) is 6. The summed E-state index contributed by atoms with van der Waals surface area (Å²) in [5, 5.41) is 15.4. The first-order valence-electron chi connectivity index (χ1n) is 9.10. The number of nitrogens with one attached hydrogen (secondary N) is 1. The van der Waals surface area contributed by atoms with Crippen molar-refractivity contribution in [2.45, 2.75) is 59.0 Å². The molecule has 0 unspecified atom stereocenters.